The molecule has 0 aromatic rings. The van der Waals surface area contributed by atoms with Gasteiger partial charge in [-0.1, -0.05) is 0 Å². The van der Waals surface area contributed by atoms with Crippen LogP contribution in [0, 0.1) is 0 Å². The Morgan fingerprint density at radius 3 is 2.11 bits per heavy atom. The number of hydrogen-bond acceptors (Lipinski definition) is 6. The Balaban J connectivity index is 4.49. The van der Waals surface area contributed by atoms with Gasteiger partial charge in [0, 0.05) is 5.75 Å². The molecule has 0 aromatic carbocycles. The van der Waals surface area contributed by atoms with Gasteiger partial charge >= 0.3 is 5.97 Å². The first kappa shape index (κ1) is 17.7. The molecule has 0 aliphatic rings. The van der Waals surface area contributed by atoms with Gasteiger partial charge in [-0.3, -0.25) is 9.59 Å². The Kier molecular flexibility index (Phi) is 7.42. The zero-order chi connectivity index (χ0) is 15.2. The number of aliphatic carboxylic acids is 1. The molecule has 4 atom stereocenters. The van der Waals surface area contributed by atoms with Crippen LogP contribution in [0.25, 0.3) is 0 Å². The summed E-state index contributed by atoms with van der Waals surface area (Å²) in [4.78, 5) is 33.8. The van der Waals surface area contributed by atoms with Crippen molar-refractivity contribution in [3.63, 3.8) is 0 Å². The van der Waals surface area contributed by atoms with Crippen molar-refractivity contribution in [1.29, 1.82) is 0 Å². The largest absolute Gasteiger partial charge is 0.480 e. The molecule has 0 unspecified atom stereocenters. The van der Waals surface area contributed by atoms with Gasteiger partial charge in [0.25, 0.3) is 0 Å². The molecule has 0 radical (unpaired) electrons. The van der Waals surface area contributed by atoms with Gasteiger partial charge in [0.05, 0.1) is 12.1 Å². The SMILES string of the molecule is C[C@H](NC(=O)[C@@H](N)CS)C(=O)N[C@H](C(=O)O)[C@@H](C)O. The summed E-state index contributed by atoms with van der Waals surface area (Å²) in [5.41, 5.74) is 5.41. The minimum Gasteiger partial charge on any atom is -0.480 e. The van der Waals surface area contributed by atoms with Gasteiger partial charge in [-0.15, -0.1) is 0 Å². The van der Waals surface area contributed by atoms with Crippen molar-refractivity contribution in [2.45, 2.75) is 38.1 Å². The number of amides is 2. The third kappa shape index (κ3) is 5.90. The number of rotatable bonds is 7. The number of carboxylic acids is 1. The highest BCUT2D eigenvalue weighted by molar-refractivity contribution is 7.80. The number of aliphatic hydroxyl groups excluding tert-OH is 1. The second-order valence-corrected chi connectivity index (χ2v) is 4.45. The van der Waals surface area contributed by atoms with Crippen LogP contribution in [0.4, 0.5) is 0 Å². The van der Waals surface area contributed by atoms with Crippen LogP contribution < -0.4 is 16.4 Å². The average Bonchev–Trinajstić information content (AvgIpc) is 2.33. The summed E-state index contributed by atoms with van der Waals surface area (Å²) >= 11 is 3.84. The molecule has 0 fully saturated rings. The van der Waals surface area contributed by atoms with Gasteiger partial charge in [-0.05, 0) is 13.8 Å². The molecule has 19 heavy (non-hydrogen) atoms. The van der Waals surface area contributed by atoms with Crippen LogP contribution in [-0.4, -0.2) is 58.0 Å². The molecule has 0 heterocycles. The minimum atomic E-state index is -1.44. The Labute approximate surface area is 116 Å². The summed E-state index contributed by atoms with van der Waals surface area (Å²) < 4.78 is 0. The molecule has 0 aromatic heterocycles. The van der Waals surface area contributed by atoms with Crippen LogP contribution in [0.5, 0.6) is 0 Å². The zero-order valence-electron chi connectivity index (χ0n) is 10.7. The van der Waals surface area contributed by atoms with Crippen LogP contribution in [-0.2, 0) is 14.4 Å². The molecule has 0 rings (SSSR count). The number of nitrogens with two attached hydrogens (primary N) is 1. The zero-order valence-corrected chi connectivity index (χ0v) is 11.6. The van der Waals surface area contributed by atoms with E-state index in [0.29, 0.717) is 0 Å². The van der Waals surface area contributed by atoms with E-state index in [9.17, 15) is 19.5 Å². The molecule has 0 saturated carbocycles. The van der Waals surface area contributed by atoms with Crippen LogP contribution in [0.2, 0.25) is 0 Å². The summed E-state index contributed by atoms with van der Waals surface area (Å²) in [6, 6.07) is -3.27. The molecule has 0 aliphatic heterocycles. The fourth-order valence-electron chi connectivity index (χ4n) is 1.14. The fourth-order valence-corrected chi connectivity index (χ4v) is 1.30. The van der Waals surface area contributed by atoms with E-state index in [0.717, 1.165) is 0 Å². The van der Waals surface area contributed by atoms with Crippen molar-refractivity contribution in [1.82, 2.24) is 10.6 Å². The first-order valence-electron chi connectivity index (χ1n) is 5.58. The lowest BCUT2D eigenvalue weighted by Gasteiger charge is -2.21. The highest BCUT2D eigenvalue weighted by Crippen LogP contribution is 1.95. The highest BCUT2D eigenvalue weighted by atomic mass is 32.1. The highest BCUT2D eigenvalue weighted by Gasteiger charge is 2.28. The summed E-state index contributed by atoms with van der Waals surface area (Å²) in [5.74, 6) is -2.55. The Hall–Kier alpha value is -1.32. The predicted octanol–water partition coefficient (Wildman–Crippen LogP) is -2.30. The van der Waals surface area contributed by atoms with Gasteiger partial charge in [0.2, 0.25) is 11.8 Å². The lowest BCUT2D eigenvalue weighted by molar-refractivity contribution is -0.145. The number of carbonyl (C=O) groups is 3. The molecule has 2 amide bonds. The lowest BCUT2D eigenvalue weighted by Crippen LogP contribution is -2.55. The normalized spacial score (nSPS) is 16.9. The van der Waals surface area contributed by atoms with E-state index in [1.54, 1.807) is 0 Å². The Morgan fingerprint density at radius 2 is 1.74 bits per heavy atom. The second kappa shape index (κ2) is 7.97. The van der Waals surface area contributed by atoms with E-state index < -0.39 is 42.0 Å². The molecule has 0 spiro atoms. The number of aliphatic hydroxyl groups is 1. The van der Waals surface area contributed by atoms with Crippen molar-refractivity contribution in [2.75, 3.05) is 5.75 Å². The molecule has 9 heteroatoms. The van der Waals surface area contributed by atoms with E-state index in [1.807, 2.05) is 0 Å². The van der Waals surface area contributed by atoms with E-state index in [4.69, 9.17) is 10.8 Å². The van der Waals surface area contributed by atoms with Crippen LogP contribution in [0.1, 0.15) is 13.8 Å². The van der Waals surface area contributed by atoms with E-state index in [-0.39, 0.29) is 5.75 Å². The van der Waals surface area contributed by atoms with Gasteiger partial charge in [0.1, 0.15) is 6.04 Å². The molecule has 0 saturated heterocycles. The van der Waals surface area contributed by atoms with Crippen molar-refractivity contribution in [3.05, 3.63) is 0 Å². The molecule has 0 aliphatic carbocycles. The minimum absolute atomic E-state index is 0.117. The summed E-state index contributed by atoms with van der Waals surface area (Å²) in [6.45, 7) is 2.61. The molecular formula is C10H19N3O5S. The van der Waals surface area contributed by atoms with Crippen molar-refractivity contribution in [2.24, 2.45) is 5.73 Å². The van der Waals surface area contributed by atoms with E-state index >= 15 is 0 Å². The van der Waals surface area contributed by atoms with Gasteiger partial charge in [-0.25, -0.2) is 4.79 Å². The third-order valence-electron chi connectivity index (χ3n) is 2.33. The van der Waals surface area contributed by atoms with E-state index in [1.165, 1.54) is 13.8 Å². The second-order valence-electron chi connectivity index (χ2n) is 4.08. The van der Waals surface area contributed by atoms with Crippen molar-refractivity contribution >= 4 is 30.4 Å². The fraction of sp³-hybridized carbons (Fsp3) is 0.700. The topological polar surface area (TPSA) is 142 Å². The van der Waals surface area contributed by atoms with Crippen molar-refractivity contribution in [3.8, 4) is 0 Å². The quantitative estimate of drug-likeness (QED) is 0.291. The lowest BCUT2D eigenvalue weighted by atomic mass is 10.1. The van der Waals surface area contributed by atoms with Gasteiger partial charge in [0.15, 0.2) is 6.04 Å². The molecule has 0 bridgehead atoms. The monoisotopic (exact) mass is 293 g/mol. The maximum atomic E-state index is 11.6. The Morgan fingerprint density at radius 1 is 1.21 bits per heavy atom. The third-order valence-corrected chi connectivity index (χ3v) is 2.73. The number of thiol groups is 1. The maximum Gasteiger partial charge on any atom is 0.328 e. The number of nitrogens with one attached hydrogen (secondary N) is 2. The van der Waals surface area contributed by atoms with Gasteiger partial charge in [-0.2, -0.15) is 12.6 Å². The van der Waals surface area contributed by atoms with Gasteiger partial charge < -0.3 is 26.6 Å². The average molecular weight is 293 g/mol. The maximum absolute atomic E-state index is 11.6. The summed E-state index contributed by atoms with van der Waals surface area (Å²) in [7, 11) is 0. The van der Waals surface area contributed by atoms with E-state index in [2.05, 4.69) is 23.3 Å². The molecule has 8 nitrogen and oxygen atoms in total. The Bertz CT molecular complexity index is 350. The molecule has 110 valence electrons. The van der Waals surface area contributed by atoms with Crippen LogP contribution in [0.15, 0.2) is 0 Å². The number of carboxylic acid groups (broad SMARTS) is 1. The standard InChI is InChI=1S/C10H19N3O5S/c1-4(12-9(16)6(11)3-19)8(15)13-7(5(2)14)10(17)18/h4-7,14,19H,3,11H2,1-2H3,(H,12,16)(H,13,15)(H,17,18)/t4-,5+,6-,7-/m0/s1. The van der Waals surface area contributed by atoms with Crippen molar-refractivity contribution < 1.29 is 24.6 Å². The van der Waals surface area contributed by atoms with Crippen LogP contribution in [0.3, 0.4) is 0 Å². The first-order chi connectivity index (χ1) is 8.70. The summed E-state index contributed by atoms with van der Waals surface area (Å²) in [6.07, 6.45) is -1.26. The molecule has 6 N–H and O–H groups in total. The number of carbonyl (C=O) groups excluding carboxylic acids is 2. The smallest absolute Gasteiger partial charge is 0.328 e. The molecular weight excluding hydrogens is 274 g/mol. The summed E-state index contributed by atoms with van der Waals surface area (Å²) in [5, 5.41) is 22.4. The predicted molar refractivity (Wildman–Crippen MR) is 70.7 cm³/mol. The van der Waals surface area contributed by atoms with Crippen LogP contribution >= 0.6 is 12.6 Å². The first-order valence-corrected chi connectivity index (χ1v) is 6.22. The number of hydrogen-bond donors (Lipinski definition) is 6.